The first-order valence-electron chi connectivity index (χ1n) is 4.64. The van der Waals surface area contributed by atoms with Crippen LogP contribution in [-0.4, -0.2) is 21.0 Å². The Bertz CT molecular complexity index is 546. The van der Waals surface area contributed by atoms with E-state index in [4.69, 9.17) is 9.84 Å². The van der Waals surface area contributed by atoms with Crippen molar-refractivity contribution < 1.29 is 19.0 Å². The number of benzene rings is 1. The molecule has 0 aliphatic carbocycles. The van der Waals surface area contributed by atoms with Gasteiger partial charge < -0.3 is 9.84 Å². The number of aromatic carboxylic acids is 1. The van der Waals surface area contributed by atoms with Crippen molar-refractivity contribution >= 4 is 5.97 Å². The van der Waals surface area contributed by atoms with E-state index in [0.29, 0.717) is 0 Å². The quantitative estimate of drug-likeness (QED) is 0.880. The molecule has 1 heterocycles. The number of carbonyl (C=O) groups is 1. The van der Waals surface area contributed by atoms with Crippen molar-refractivity contribution in [2.75, 3.05) is 0 Å². The smallest absolute Gasteiger partial charge is 0.342 e. The number of aromatic nitrogens is 2. The first kappa shape index (κ1) is 11.0. The highest BCUT2D eigenvalue weighted by Gasteiger charge is 2.17. The molecule has 0 radical (unpaired) electrons. The predicted octanol–water partition coefficient (Wildman–Crippen LogP) is 2.11. The summed E-state index contributed by atoms with van der Waals surface area (Å²) in [4.78, 5) is 18.4. The van der Waals surface area contributed by atoms with Crippen LogP contribution in [0.5, 0.6) is 11.6 Å². The molecule has 0 saturated carbocycles. The molecule has 0 aliphatic heterocycles. The molecule has 2 rings (SSSR count). The average Bonchev–Trinajstić information content (AvgIpc) is 2.30. The minimum Gasteiger partial charge on any atom is -0.477 e. The Hall–Kier alpha value is -2.50. The molecular formula is C11H7FN2O3. The lowest BCUT2D eigenvalue weighted by atomic mass is 10.2. The molecule has 0 unspecified atom stereocenters. The van der Waals surface area contributed by atoms with Gasteiger partial charge in [0, 0.05) is 12.4 Å². The number of ether oxygens (including phenoxy) is 1. The Kier molecular flexibility index (Phi) is 2.95. The molecule has 1 N–H and O–H groups in total. The Morgan fingerprint density at radius 2 is 2.18 bits per heavy atom. The van der Waals surface area contributed by atoms with Crippen molar-refractivity contribution in [3.8, 4) is 11.6 Å². The van der Waals surface area contributed by atoms with E-state index in [2.05, 4.69) is 9.97 Å². The topological polar surface area (TPSA) is 72.3 Å². The fourth-order valence-electron chi connectivity index (χ4n) is 1.25. The molecule has 0 fully saturated rings. The van der Waals surface area contributed by atoms with Crippen molar-refractivity contribution in [3.63, 3.8) is 0 Å². The van der Waals surface area contributed by atoms with E-state index < -0.39 is 17.3 Å². The van der Waals surface area contributed by atoms with E-state index in [-0.39, 0.29) is 11.6 Å². The van der Waals surface area contributed by atoms with Crippen LogP contribution in [0.3, 0.4) is 0 Å². The monoisotopic (exact) mass is 234 g/mol. The van der Waals surface area contributed by atoms with E-state index in [1.54, 1.807) is 0 Å². The molecule has 0 amide bonds. The zero-order valence-corrected chi connectivity index (χ0v) is 8.50. The van der Waals surface area contributed by atoms with E-state index >= 15 is 0 Å². The van der Waals surface area contributed by atoms with Gasteiger partial charge in [-0.2, -0.15) is 0 Å². The molecule has 0 aliphatic rings. The lowest BCUT2D eigenvalue weighted by molar-refractivity contribution is 0.0689. The summed E-state index contributed by atoms with van der Waals surface area (Å²) in [6.45, 7) is 0. The maximum atomic E-state index is 13.3. The zero-order valence-electron chi connectivity index (χ0n) is 8.50. The van der Waals surface area contributed by atoms with Crippen molar-refractivity contribution in [2.45, 2.75) is 0 Å². The van der Waals surface area contributed by atoms with Crippen molar-refractivity contribution in [1.82, 2.24) is 9.97 Å². The number of hydrogen-bond acceptors (Lipinski definition) is 4. The molecule has 2 aromatic rings. The molecule has 1 aromatic carbocycles. The van der Waals surface area contributed by atoms with Gasteiger partial charge in [0.15, 0.2) is 0 Å². The van der Waals surface area contributed by atoms with Gasteiger partial charge in [-0.15, -0.1) is 0 Å². The maximum Gasteiger partial charge on any atom is 0.342 e. The highest BCUT2D eigenvalue weighted by atomic mass is 19.1. The van der Waals surface area contributed by atoms with Gasteiger partial charge in [-0.25, -0.2) is 14.2 Å². The van der Waals surface area contributed by atoms with Crippen LogP contribution in [0.25, 0.3) is 0 Å². The van der Waals surface area contributed by atoms with Crippen molar-refractivity contribution in [1.29, 1.82) is 0 Å². The average molecular weight is 234 g/mol. The summed E-state index contributed by atoms with van der Waals surface area (Å²) >= 11 is 0. The summed E-state index contributed by atoms with van der Waals surface area (Å²) in [5.74, 6) is -2.28. The van der Waals surface area contributed by atoms with Crippen molar-refractivity contribution in [3.05, 3.63) is 48.2 Å². The van der Waals surface area contributed by atoms with Crippen LogP contribution in [0, 0.1) is 5.82 Å². The summed E-state index contributed by atoms with van der Waals surface area (Å²) in [5, 5.41) is 8.87. The van der Waals surface area contributed by atoms with Crippen LogP contribution in [0.4, 0.5) is 4.39 Å². The van der Waals surface area contributed by atoms with Crippen molar-refractivity contribution in [2.24, 2.45) is 0 Å². The molecule has 1 aromatic heterocycles. The first-order chi connectivity index (χ1) is 8.18. The second kappa shape index (κ2) is 4.56. The van der Waals surface area contributed by atoms with Gasteiger partial charge in [-0.3, -0.25) is 4.98 Å². The number of rotatable bonds is 3. The summed E-state index contributed by atoms with van der Waals surface area (Å²) in [6.07, 6.45) is 4.13. The van der Waals surface area contributed by atoms with Gasteiger partial charge in [0.2, 0.25) is 5.88 Å². The number of nitrogens with zero attached hydrogens (tertiary/aromatic N) is 2. The van der Waals surface area contributed by atoms with Crippen LogP contribution in [0.1, 0.15) is 10.4 Å². The third-order valence-corrected chi connectivity index (χ3v) is 1.94. The minimum absolute atomic E-state index is 0.0978. The first-order valence-corrected chi connectivity index (χ1v) is 4.64. The number of hydrogen-bond donors (Lipinski definition) is 1. The molecule has 0 atom stereocenters. The lowest BCUT2D eigenvalue weighted by Crippen LogP contribution is -2.03. The molecule has 0 bridgehead atoms. The van der Waals surface area contributed by atoms with Gasteiger partial charge >= 0.3 is 5.97 Å². The maximum absolute atomic E-state index is 13.3. The molecule has 5 nitrogen and oxygen atoms in total. The Balaban J connectivity index is 2.40. The summed E-state index contributed by atoms with van der Waals surface area (Å²) < 4.78 is 18.5. The third-order valence-electron chi connectivity index (χ3n) is 1.94. The van der Waals surface area contributed by atoms with Gasteiger partial charge in [0.1, 0.15) is 17.1 Å². The zero-order chi connectivity index (χ0) is 12.3. The molecular weight excluding hydrogens is 227 g/mol. The number of carboxylic acids is 1. The largest absolute Gasteiger partial charge is 0.477 e. The van der Waals surface area contributed by atoms with Crippen LogP contribution >= 0.6 is 0 Å². The standard InChI is InChI=1S/C11H7FN2O3/c12-7-2-1-3-8(10(7)11(15)16)17-9-6-13-4-5-14-9/h1-6H,(H,15,16). The van der Waals surface area contributed by atoms with Gasteiger partial charge in [-0.05, 0) is 12.1 Å². The Morgan fingerprint density at radius 1 is 1.35 bits per heavy atom. The van der Waals surface area contributed by atoms with E-state index in [0.717, 1.165) is 6.07 Å². The predicted molar refractivity (Wildman–Crippen MR) is 55.5 cm³/mol. The second-order valence-electron chi connectivity index (χ2n) is 3.06. The number of carboxylic acid groups (broad SMARTS) is 1. The lowest BCUT2D eigenvalue weighted by Gasteiger charge is -2.07. The highest BCUT2D eigenvalue weighted by Crippen LogP contribution is 2.25. The summed E-state index contributed by atoms with van der Waals surface area (Å²) in [5.41, 5.74) is -0.529. The number of halogens is 1. The van der Waals surface area contributed by atoms with Crippen LogP contribution in [0.15, 0.2) is 36.8 Å². The van der Waals surface area contributed by atoms with Crippen LogP contribution in [-0.2, 0) is 0 Å². The van der Waals surface area contributed by atoms with Gasteiger partial charge in [0.05, 0.1) is 6.20 Å². The Labute approximate surface area is 95.5 Å². The normalized spacial score (nSPS) is 9.94. The Morgan fingerprint density at radius 3 is 2.82 bits per heavy atom. The molecule has 0 saturated heterocycles. The minimum atomic E-state index is -1.40. The van der Waals surface area contributed by atoms with Crippen LogP contribution in [0.2, 0.25) is 0 Å². The molecule has 17 heavy (non-hydrogen) atoms. The summed E-state index contributed by atoms with van der Waals surface area (Å²) in [7, 11) is 0. The van der Waals surface area contributed by atoms with E-state index in [1.807, 2.05) is 0 Å². The van der Waals surface area contributed by atoms with Gasteiger partial charge in [-0.1, -0.05) is 6.07 Å². The molecule has 86 valence electrons. The van der Waals surface area contributed by atoms with Crippen LogP contribution < -0.4 is 4.74 Å². The molecule has 0 spiro atoms. The van der Waals surface area contributed by atoms with E-state index in [1.165, 1.54) is 30.7 Å². The third kappa shape index (κ3) is 2.36. The fraction of sp³-hybridized carbons (Fsp3) is 0. The highest BCUT2D eigenvalue weighted by molar-refractivity contribution is 5.91. The SMILES string of the molecule is O=C(O)c1c(F)cccc1Oc1cnccn1. The fourth-order valence-corrected chi connectivity index (χ4v) is 1.25. The second-order valence-corrected chi connectivity index (χ2v) is 3.06. The van der Waals surface area contributed by atoms with E-state index in [9.17, 15) is 9.18 Å². The molecule has 6 heteroatoms. The summed E-state index contributed by atoms with van der Waals surface area (Å²) in [6, 6.07) is 3.75. The van der Waals surface area contributed by atoms with Gasteiger partial charge in [0.25, 0.3) is 0 Å².